The Balaban J connectivity index is 1.50. The van der Waals surface area contributed by atoms with Crippen molar-refractivity contribution in [3.05, 3.63) is 30.3 Å². The molecule has 0 saturated carbocycles. The van der Waals surface area contributed by atoms with Crippen LogP contribution in [0.5, 0.6) is 0 Å². The summed E-state index contributed by atoms with van der Waals surface area (Å²) in [7, 11) is 0. The molecule has 0 atom stereocenters. The van der Waals surface area contributed by atoms with E-state index >= 15 is 0 Å². The second-order valence-corrected chi connectivity index (χ2v) is 10.3. The van der Waals surface area contributed by atoms with Crippen molar-refractivity contribution in [2.75, 3.05) is 5.75 Å². The van der Waals surface area contributed by atoms with Gasteiger partial charge in [-0.1, -0.05) is 152 Å². The molecule has 1 aromatic carbocycles. The second-order valence-electron chi connectivity index (χ2n) is 9.06. The van der Waals surface area contributed by atoms with Crippen LogP contribution in [0.3, 0.4) is 0 Å². The lowest BCUT2D eigenvalue weighted by Gasteiger charge is -2.10. The highest BCUT2D eigenvalue weighted by molar-refractivity contribution is 7.99. The lowest BCUT2D eigenvalue weighted by molar-refractivity contribution is 0.515. The first kappa shape index (κ1) is 27.0. The van der Waals surface area contributed by atoms with E-state index in [9.17, 15) is 0 Å². The maximum atomic E-state index is 4.49. The molecule has 0 spiro atoms. The summed E-state index contributed by atoms with van der Waals surface area (Å²) < 4.78 is 2.33. The minimum Gasteiger partial charge on any atom is -0.302 e. The summed E-state index contributed by atoms with van der Waals surface area (Å²) in [6.45, 7) is 5.50. The summed E-state index contributed by atoms with van der Waals surface area (Å²) in [5.74, 6) is 2.05. The molecule has 0 aliphatic rings. The summed E-state index contributed by atoms with van der Waals surface area (Å²) in [5, 5.41) is 10.0. The smallest absolute Gasteiger partial charge is 0.191 e. The molecule has 0 saturated heterocycles. The Morgan fingerprint density at radius 3 is 1.62 bits per heavy atom. The van der Waals surface area contributed by atoms with Crippen molar-refractivity contribution in [2.45, 2.75) is 128 Å². The summed E-state index contributed by atoms with van der Waals surface area (Å²) >= 11 is 1.80. The molecule has 32 heavy (non-hydrogen) atoms. The Labute approximate surface area is 202 Å². The first-order valence-electron chi connectivity index (χ1n) is 13.5. The van der Waals surface area contributed by atoms with E-state index in [1.807, 2.05) is 0 Å². The molecule has 180 valence electrons. The molecule has 4 heteroatoms. The molecule has 0 N–H and O–H groups in total. The van der Waals surface area contributed by atoms with E-state index in [-0.39, 0.29) is 0 Å². The number of hydrogen-bond donors (Lipinski definition) is 0. The van der Waals surface area contributed by atoms with Gasteiger partial charge in [0.2, 0.25) is 0 Å². The van der Waals surface area contributed by atoms with Gasteiger partial charge in [-0.15, -0.1) is 10.2 Å². The third kappa shape index (κ3) is 11.0. The maximum Gasteiger partial charge on any atom is 0.191 e. The molecule has 1 heterocycles. The van der Waals surface area contributed by atoms with Gasteiger partial charge in [0, 0.05) is 12.1 Å². The van der Waals surface area contributed by atoms with E-state index < -0.39 is 0 Å². The first-order valence-corrected chi connectivity index (χ1v) is 14.5. The molecule has 1 aromatic heterocycles. The van der Waals surface area contributed by atoms with Gasteiger partial charge in [-0.3, -0.25) is 0 Å². The Hall–Kier alpha value is -1.29. The van der Waals surface area contributed by atoms with Gasteiger partial charge < -0.3 is 4.57 Å². The molecule has 2 rings (SSSR count). The zero-order chi connectivity index (χ0) is 22.7. The van der Waals surface area contributed by atoms with Gasteiger partial charge >= 0.3 is 0 Å². The van der Waals surface area contributed by atoms with Crippen molar-refractivity contribution in [2.24, 2.45) is 0 Å². The fourth-order valence-corrected chi connectivity index (χ4v) is 5.04. The normalized spacial score (nSPS) is 11.3. The second kappa shape index (κ2) is 18.2. The SMILES string of the molecule is CCCCCCCCCCCCCCCCCCn1c(SCC)nnc1-c1ccccc1. The standard InChI is InChI=1S/C28H47N3S/c1-3-5-6-7-8-9-10-11-12-13-14-15-16-17-18-22-25-31-27(26-23-20-19-21-24-26)29-30-28(31)32-4-2/h19-21,23-24H,3-18,22,25H2,1-2H3. The highest BCUT2D eigenvalue weighted by Crippen LogP contribution is 2.24. The molecule has 0 aliphatic carbocycles. The van der Waals surface area contributed by atoms with Crippen LogP contribution in [0.15, 0.2) is 35.5 Å². The van der Waals surface area contributed by atoms with Crippen LogP contribution in [0.4, 0.5) is 0 Å². The third-order valence-electron chi connectivity index (χ3n) is 6.26. The van der Waals surface area contributed by atoms with Crippen molar-refractivity contribution >= 4 is 11.8 Å². The van der Waals surface area contributed by atoms with Gasteiger partial charge in [-0.05, 0) is 12.2 Å². The van der Waals surface area contributed by atoms with Gasteiger partial charge in [0.15, 0.2) is 11.0 Å². The topological polar surface area (TPSA) is 30.7 Å². The lowest BCUT2D eigenvalue weighted by Crippen LogP contribution is -2.03. The van der Waals surface area contributed by atoms with Crippen molar-refractivity contribution in [1.82, 2.24) is 14.8 Å². The monoisotopic (exact) mass is 457 g/mol. The van der Waals surface area contributed by atoms with E-state index in [4.69, 9.17) is 0 Å². The molecule has 0 fully saturated rings. The predicted octanol–water partition coefficient (Wildman–Crippen LogP) is 9.32. The van der Waals surface area contributed by atoms with Crippen LogP contribution >= 0.6 is 11.8 Å². The lowest BCUT2D eigenvalue weighted by atomic mass is 10.0. The molecular formula is C28H47N3S. The number of benzene rings is 1. The minimum absolute atomic E-state index is 1.02. The van der Waals surface area contributed by atoms with E-state index in [0.29, 0.717) is 0 Å². The van der Waals surface area contributed by atoms with Gasteiger partial charge in [0.25, 0.3) is 0 Å². The van der Waals surface area contributed by atoms with Crippen LogP contribution in [-0.2, 0) is 6.54 Å². The summed E-state index contributed by atoms with van der Waals surface area (Å²) in [5.41, 5.74) is 1.17. The number of thioether (sulfide) groups is 1. The van der Waals surface area contributed by atoms with Crippen molar-refractivity contribution in [3.8, 4) is 11.4 Å². The van der Waals surface area contributed by atoms with Crippen LogP contribution in [0, 0.1) is 0 Å². The Bertz CT molecular complexity index is 683. The van der Waals surface area contributed by atoms with Crippen LogP contribution in [0.25, 0.3) is 11.4 Å². The largest absolute Gasteiger partial charge is 0.302 e. The molecule has 0 radical (unpaired) electrons. The maximum absolute atomic E-state index is 4.49. The fourth-order valence-electron chi connectivity index (χ4n) is 4.34. The van der Waals surface area contributed by atoms with Crippen LogP contribution in [0.2, 0.25) is 0 Å². The van der Waals surface area contributed by atoms with Crippen molar-refractivity contribution < 1.29 is 0 Å². The molecule has 3 nitrogen and oxygen atoms in total. The number of nitrogens with zero attached hydrogens (tertiary/aromatic N) is 3. The number of aromatic nitrogens is 3. The average Bonchev–Trinajstić information content (AvgIpc) is 3.22. The quantitative estimate of drug-likeness (QED) is 0.146. The Kier molecular flexibility index (Phi) is 15.3. The Morgan fingerprint density at radius 2 is 1.12 bits per heavy atom. The number of hydrogen-bond acceptors (Lipinski definition) is 3. The minimum atomic E-state index is 1.02. The molecular weight excluding hydrogens is 410 g/mol. The summed E-state index contributed by atoms with van der Waals surface area (Å²) in [6, 6.07) is 10.5. The number of rotatable bonds is 20. The van der Waals surface area contributed by atoms with Gasteiger partial charge in [-0.2, -0.15) is 0 Å². The fraction of sp³-hybridized carbons (Fsp3) is 0.714. The first-order chi connectivity index (χ1) is 15.9. The molecule has 2 aromatic rings. The van der Waals surface area contributed by atoms with Crippen LogP contribution in [0.1, 0.15) is 117 Å². The molecule has 0 amide bonds. The summed E-state index contributed by atoms with van der Waals surface area (Å²) in [6.07, 6.45) is 22.5. The zero-order valence-corrected chi connectivity index (χ0v) is 21.7. The zero-order valence-electron chi connectivity index (χ0n) is 20.9. The van der Waals surface area contributed by atoms with Gasteiger partial charge in [0.05, 0.1) is 0 Å². The number of unbranched alkanes of at least 4 members (excludes halogenated alkanes) is 15. The van der Waals surface area contributed by atoms with Crippen molar-refractivity contribution in [3.63, 3.8) is 0 Å². The Morgan fingerprint density at radius 1 is 0.625 bits per heavy atom. The third-order valence-corrected chi connectivity index (χ3v) is 7.11. The summed E-state index contributed by atoms with van der Waals surface area (Å²) in [4.78, 5) is 0. The predicted molar refractivity (Wildman–Crippen MR) is 141 cm³/mol. The highest BCUT2D eigenvalue weighted by Gasteiger charge is 2.13. The van der Waals surface area contributed by atoms with Gasteiger partial charge in [0.1, 0.15) is 0 Å². The molecule has 0 unspecified atom stereocenters. The average molecular weight is 458 g/mol. The van der Waals surface area contributed by atoms with E-state index in [1.54, 1.807) is 11.8 Å². The highest BCUT2D eigenvalue weighted by atomic mass is 32.2. The van der Waals surface area contributed by atoms with Crippen molar-refractivity contribution in [1.29, 1.82) is 0 Å². The molecule has 0 aliphatic heterocycles. The van der Waals surface area contributed by atoms with Crippen LogP contribution in [-0.4, -0.2) is 20.5 Å². The van der Waals surface area contributed by atoms with Crippen LogP contribution < -0.4 is 0 Å². The molecule has 0 bridgehead atoms. The van der Waals surface area contributed by atoms with E-state index in [2.05, 4.69) is 58.9 Å². The van der Waals surface area contributed by atoms with E-state index in [1.165, 1.54) is 108 Å². The van der Waals surface area contributed by atoms with E-state index in [0.717, 1.165) is 23.3 Å². The van der Waals surface area contributed by atoms with Gasteiger partial charge in [-0.25, -0.2) is 0 Å².